The lowest BCUT2D eigenvalue weighted by Crippen LogP contribution is -2.45. The largest absolute Gasteiger partial charge is 0.393 e. The number of benzene rings is 1. The predicted molar refractivity (Wildman–Crippen MR) is 68.1 cm³/mol. The van der Waals surface area contributed by atoms with Crippen molar-refractivity contribution < 1.29 is 14.1 Å². The van der Waals surface area contributed by atoms with E-state index in [1.54, 1.807) is 13.8 Å². The molecule has 0 saturated heterocycles. The van der Waals surface area contributed by atoms with E-state index in [2.05, 4.69) is 5.32 Å². The van der Waals surface area contributed by atoms with Crippen LogP contribution in [0, 0.1) is 15.9 Å². The first kappa shape index (κ1) is 14.8. The Hall–Kier alpha value is -2.22. The quantitative estimate of drug-likeness (QED) is 0.423. The molecule has 0 aliphatic carbocycles. The third-order valence-electron chi connectivity index (χ3n) is 2.27. The van der Waals surface area contributed by atoms with E-state index in [0.29, 0.717) is 6.07 Å². The monoisotopic (exact) mass is 270 g/mol. The van der Waals surface area contributed by atoms with Crippen LogP contribution in [0.1, 0.15) is 24.2 Å². The minimum Gasteiger partial charge on any atom is -0.393 e. The molecule has 0 radical (unpaired) electrons. The van der Waals surface area contributed by atoms with E-state index >= 15 is 0 Å². The zero-order valence-electron chi connectivity index (χ0n) is 10.6. The predicted octanol–water partition coefficient (Wildman–Crippen LogP) is 0.783. The fraction of sp³-hybridized carbons (Fsp3) is 0.364. The molecule has 7 nitrogen and oxygen atoms in total. The minimum atomic E-state index is -0.905. The van der Waals surface area contributed by atoms with Gasteiger partial charge in [0.05, 0.1) is 16.6 Å². The molecule has 0 unspecified atom stereocenters. The molecule has 0 atom stereocenters. The van der Waals surface area contributed by atoms with Gasteiger partial charge < -0.3 is 16.8 Å². The maximum Gasteiger partial charge on any atom is 0.295 e. The van der Waals surface area contributed by atoms with E-state index in [4.69, 9.17) is 11.5 Å². The van der Waals surface area contributed by atoms with Crippen LogP contribution in [0.15, 0.2) is 12.1 Å². The molecule has 0 bridgehead atoms. The molecule has 0 aliphatic rings. The highest BCUT2D eigenvalue weighted by molar-refractivity contribution is 6.01. The third-order valence-corrected chi connectivity index (χ3v) is 2.27. The molecule has 0 fully saturated rings. The van der Waals surface area contributed by atoms with Gasteiger partial charge in [-0.15, -0.1) is 0 Å². The Morgan fingerprint density at radius 1 is 1.53 bits per heavy atom. The van der Waals surface area contributed by atoms with Crippen molar-refractivity contribution in [2.24, 2.45) is 5.73 Å². The number of anilines is 1. The maximum atomic E-state index is 13.2. The number of rotatable bonds is 4. The summed E-state index contributed by atoms with van der Waals surface area (Å²) in [6.07, 6.45) is 0. The lowest BCUT2D eigenvalue weighted by Gasteiger charge is -2.19. The number of halogens is 1. The van der Waals surface area contributed by atoms with Gasteiger partial charge >= 0.3 is 0 Å². The number of nitrogens with two attached hydrogens (primary N) is 2. The van der Waals surface area contributed by atoms with Crippen molar-refractivity contribution in [2.75, 3.05) is 12.3 Å². The number of hydrogen-bond acceptors (Lipinski definition) is 5. The van der Waals surface area contributed by atoms with Gasteiger partial charge in [0.1, 0.15) is 11.5 Å². The number of carbonyl (C=O) groups excluding carboxylic acids is 1. The third kappa shape index (κ3) is 3.88. The standard InChI is InChI=1S/C11H15FN4O3/c1-11(2,14)5-15-10(17)7-3-6(12)4-8(9(7)13)16(18)19/h3-4H,5,13-14H2,1-2H3,(H,15,17). The maximum absolute atomic E-state index is 13.2. The molecule has 0 spiro atoms. The topological polar surface area (TPSA) is 124 Å². The second-order valence-corrected chi connectivity index (χ2v) is 4.81. The Balaban J connectivity index is 3.07. The summed E-state index contributed by atoms with van der Waals surface area (Å²) in [5.74, 6) is -1.61. The highest BCUT2D eigenvalue weighted by Crippen LogP contribution is 2.26. The van der Waals surface area contributed by atoms with Crippen molar-refractivity contribution in [1.29, 1.82) is 0 Å². The van der Waals surface area contributed by atoms with Crippen LogP contribution in [0.25, 0.3) is 0 Å². The summed E-state index contributed by atoms with van der Waals surface area (Å²) < 4.78 is 13.2. The van der Waals surface area contributed by atoms with Crippen LogP contribution in [0.5, 0.6) is 0 Å². The lowest BCUT2D eigenvalue weighted by molar-refractivity contribution is -0.384. The summed E-state index contributed by atoms with van der Waals surface area (Å²) in [4.78, 5) is 21.6. The van der Waals surface area contributed by atoms with Crippen LogP contribution in [0.4, 0.5) is 15.8 Å². The fourth-order valence-electron chi connectivity index (χ4n) is 1.35. The van der Waals surface area contributed by atoms with Crippen molar-refractivity contribution in [1.82, 2.24) is 5.32 Å². The Morgan fingerprint density at radius 2 is 2.11 bits per heavy atom. The van der Waals surface area contributed by atoms with Crippen LogP contribution >= 0.6 is 0 Å². The van der Waals surface area contributed by atoms with Crippen molar-refractivity contribution in [3.05, 3.63) is 33.6 Å². The van der Waals surface area contributed by atoms with E-state index < -0.39 is 27.9 Å². The highest BCUT2D eigenvalue weighted by Gasteiger charge is 2.22. The van der Waals surface area contributed by atoms with Gasteiger partial charge in [-0.05, 0) is 19.9 Å². The highest BCUT2D eigenvalue weighted by atomic mass is 19.1. The minimum absolute atomic E-state index is 0.121. The van der Waals surface area contributed by atoms with Crippen molar-refractivity contribution in [3.8, 4) is 0 Å². The Labute approximate surface area is 108 Å². The molecule has 5 N–H and O–H groups in total. The molecule has 19 heavy (non-hydrogen) atoms. The first-order valence-corrected chi connectivity index (χ1v) is 5.42. The van der Waals surface area contributed by atoms with E-state index in [0.717, 1.165) is 6.07 Å². The number of carbonyl (C=O) groups is 1. The van der Waals surface area contributed by atoms with Crippen LogP contribution in [0.2, 0.25) is 0 Å². The van der Waals surface area contributed by atoms with Gasteiger partial charge in [-0.3, -0.25) is 14.9 Å². The van der Waals surface area contributed by atoms with Gasteiger partial charge in [0.2, 0.25) is 0 Å². The number of nitrogen functional groups attached to an aromatic ring is 1. The number of amides is 1. The molecule has 0 heterocycles. The normalized spacial score (nSPS) is 11.2. The average molecular weight is 270 g/mol. The molecule has 0 aromatic heterocycles. The van der Waals surface area contributed by atoms with Gasteiger partial charge in [0.15, 0.2) is 0 Å². The molecule has 1 amide bonds. The zero-order valence-corrected chi connectivity index (χ0v) is 10.6. The van der Waals surface area contributed by atoms with E-state index in [9.17, 15) is 19.3 Å². The number of nitro groups is 1. The number of hydrogen-bond donors (Lipinski definition) is 3. The number of nitrogens with one attached hydrogen (secondary N) is 1. The Morgan fingerprint density at radius 3 is 2.58 bits per heavy atom. The smallest absolute Gasteiger partial charge is 0.295 e. The first-order chi connectivity index (χ1) is 8.61. The van der Waals surface area contributed by atoms with Gasteiger partial charge in [0, 0.05) is 12.1 Å². The molecule has 1 aromatic rings. The second kappa shape index (κ2) is 5.19. The van der Waals surface area contributed by atoms with Crippen LogP contribution in [-0.2, 0) is 0 Å². The average Bonchev–Trinajstić information content (AvgIpc) is 2.27. The molecular weight excluding hydrogens is 255 g/mol. The molecule has 0 saturated carbocycles. The van der Waals surface area contributed by atoms with E-state index in [-0.39, 0.29) is 17.8 Å². The van der Waals surface area contributed by atoms with Crippen molar-refractivity contribution >= 4 is 17.3 Å². The number of nitro benzene ring substituents is 1. The van der Waals surface area contributed by atoms with Gasteiger partial charge in [-0.2, -0.15) is 0 Å². The summed E-state index contributed by atoms with van der Waals surface area (Å²) >= 11 is 0. The lowest BCUT2D eigenvalue weighted by atomic mass is 10.1. The number of nitrogens with zero attached hydrogens (tertiary/aromatic N) is 1. The zero-order chi connectivity index (χ0) is 14.8. The molecular formula is C11H15FN4O3. The summed E-state index contributed by atoms with van der Waals surface area (Å²) in [5, 5.41) is 13.1. The van der Waals surface area contributed by atoms with Gasteiger partial charge in [-0.25, -0.2) is 4.39 Å². The molecule has 1 rings (SSSR count). The SMILES string of the molecule is CC(C)(N)CNC(=O)c1cc(F)cc([N+](=O)[O-])c1N. The molecule has 0 aliphatic heterocycles. The van der Waals surface area contributed by atoms with Crippen LogP contribution in [-0.4, -0.2) is 22.9 Å². The van der Waals surface area contributed by atoms with E-state index in [1.807, 2.05) is 0 Å². The van der Waals surface area contributed by atoms with Crippen molar-refractivity contribution in [3.63, 3.8) is 0 Å². The molecule has 1 aromatic carbocycles. The Bertz CT molecular complexity index is 525. The second-order valence-electron chi connectivity index (χ2n) is 4.81. The summed E-state index contributed by atoms with van der Waals surface area (Å²) in [6, 6.07) is 1.51. The first-order valence-electron chi connectivity index (χ1n) is 5.42. The van der Waals surface area contributed by atoms with Crippen LogP contribution < -0.4 is 16.8 Å². The van der Waals surface area contributed by atoms with Crippen LogP contribution in [0.3, 0.4) is 0 Å². The fourth-order valence-corrected chi connectivity index (χ4v) is 1.35. The summed E-state index contributed by atoms with van der Waals surface area (Å²) in [7, 11) is 0. The van der Waals surface area contributed by atoms with Gasteiger partial charge in [0.25, 0.3) is 11.6 Å². The van der Waals surface area contributed by atoms with Gasteiger partial charge in [-0.1, -0.05) is 0 Å². The summed E-state index contributed by atoms with van der Waals surface area (Å²) in [6.45, 7) is 3.49. The Kier molecular flexibility index (Phi) is 4.05. The van der Waals surface area contributed by atoms with Crippen molar-refractivity contribution in [2.45, 2.75) is 19.4 Å². The summed E-state index contributed by atoms with van der Waals surface area (Å²) in [5.41, 5.74) is 9.21. The molecule has 8 heteroatoms. The molecule has 104 valence electrons. The van der Waals surface area contributed by atoms with E-state index in [1.165, 1.54) is 0 Å².